The molecule has 1 amide bonds. The second-order valence-corrected chi connectivity index (χ2v) is 6.00. The fourth-order valence-corrected chi connectivity index (χ4v) is 2.21. The quantitative estimate of drug-likeness (QED) is 0.790. The molecule has 1 aliphatic heterocycles. The summed E-state index contributed by atoms with van der Waals surface area (Å²) in [6.45, 7) is 7.89. The number of nitrogens with zero attached hydrogens (tertiary/aromatic N) is 3. The standard InChI is InChI=1S/C14H21N3O5/c1-5-20-12(18)11-16-15-10(21-11)9-7-6-8-17(9)13(19)22-14(2,3)4/h9H,5-8H2,1-4H3. The van der Waals surface area contributed by atoms with Crippen molar-refractivity contribution in [3.63, 3.8) is 0 Å². The molecule has 22 heavy (non-hydrogen) atoms. The van der Waals surface area contributed by atoms with Crippen LogP contribution in [0.15, 0.2) is 4.42 Å². The van der Waals surface area contributed by atoms with Gasteiger partial charge in [0, 0.05) is 6.54 Å². The van der Waals surface area contributed by atoms with Crippen molar-refractivity contribution in [3.05, 3.63) is 11.8 Å². The lowest BCUT2D eigenvalue weighted by Crippen LogP contribution is -2.36. The van der Waals surface area contributed by atoms with E-state index in [1.807, 2.05) is 20.8 Å². The lowest BCUT2D eigenvalue weighted by Gasteiger charge is -2.27. The van der Waals surface area contributed by atoms with E-state index in [0.29, 0.717) is 13.0 Å². The maximum absolute atomic E-state index is 12.2. The minimum absolute atomic E-state index is 0.201. The summed E-state index contributed by atoms with van der Waals surface area (Å²) in [5, 5.41) is 7.54. The van der Waals surface area contributed by atoms with Crippen LogP contribution in [0.5, 0.6) is 0 Å². The monoisotopic (exact) mass is 311 g/mol. The molecule has 1 aliphatic rings. The molecule has 0 bridgehead atoms. The molecular weight excluding hydrogens is 290 g/mol. The number of carbonyl (C=O) groups excluding carboxylic acids is 2. The molecule has 0 aliphatic carbocycles. The number of aromatic nitrogens is 2. The third-order valence-electron chi connectivity index (χ3n) is 3.06. The van der Waals surface area contributed by atoms with Crippen LogP contribution in [0.1, 0.15) is 63.2 Å². The summed E-state index contributed by atoms with van der Waals surface area (Å²) in [5.41, 5.74) is -0.574. The third kappa shape index (κ3) is 3.75. The minimum atomic E-state index is -0.664. The molecule has 1 atom stereocenters. The van der Waals surface area contributed by atoms with E-state index in [1.165, 1.54) is 0 Å². The largest absolute Gasteiger partial charge is 0.459 e. The van der Waals surface area contributed by atoms with E-state index >= 15 is 0 Å². The maximum Gasteiger partial charge on any atom is 0.410 e. The van der Waals surface area contributed by atoms with E-state index in [0.717, 1.165) is 6.42 Å². The zero-order valence-corrected chi connectivity index (χ0v) is 13.3. The van der Waals surface area contributed by atoms with Crippen LogP contribution < -0.4 is 0 Å². The van der Waals surface area contributed by atoms with E-state index in [1.54, 1.807) is 11.8 Å². The van der Waals surface area contributed by atoms with Crippen molar-refractivity contribution < 1.29 is 23.5 Å². The van der Waals surface area contributed by atoms with Gasteiger partial charge in [0.15, 0.2) is 0 Å². The van der Waals surface area contributed by atoms with E-state index in [2.05, 4.69) is 10.2 Å². The van der Waals surface area contributed by atoms with Gasteiger partial charge < -0.3 is 13.9 Å². The van der Waals surface area contributed by atoms with Gasteiger partial charge in [-0.2, -0.15) is 0 Å². The number of esters is 1. The van der Waals surface area contributed by atoms with Gasteiger partial charge in [0.05, 0.1) is 6.61 Å². The first-order chi connectivity index (χ1) is 10.3. The molecular formula is C14H21N3O5. The van der Waals surface area contributed by atoms with Gasteiger partial charge in [-0.3, -0.25) is 4.90 Å². The minimum Gasteiger partial charge on any atom is -0.459 e. The SMILES string of the molecule is CCOC(=O)c1nnc(C2CCCN2C(=O)OC(C)(C)C)o1. The first-order valence-corrected chi connectivity index (χ1v) is 7.32. The van der Waals surface area contributed by atoms with Crippen molar-refractivity contribution in [2.24, 2.45) is 0 Å². The Morgan fingerprint density at radius 3 is 2.73 bits per heavy atom. The Morgan fingerprint density at radius 1 is 1.36 bits per heavy atom. The van der Waals surface area contributed by atoms with E-state index < -0.39 is 17.7 Å². The normalized spacial score (nSPS) is 18.4. The van der Waals surface area contributed by atoms with E-state index in [-0.39, 0.29) is 24.4 Å². The summed E-state index contributed by atoms with van der Waals surface area (Å²) in [6.07, 6.45) is 1.07. The first-order valence-electron chi connectivity index (χ1n) is 7.32. The second kappa shape index (κ2) is 6.33. The van der Waals surface area contributed by atoms with Crippen LogP contribution in [0.3, 0.4) is 0 Å². The summed E-state index contributed by atoms with van der Waals surface area (Å²) in [7, 11) is 0. The van der Waals surface area contributed by atoms with Gasteiger partial charge in [-0.05, 0) is 40.5 Å². The van der Waals surface area contributed by atoms with E-state index in [9.17, 15) is 9.59 Å². The number of ether oxygens (including phenoxy) is 2. The molecule has 0 aromatic carbocycles. The summed E-state index contributed by atoms with van der Waals surface area (Å²) in [6, 6.07) is -0.370. The van der Waals surface area contributed by atoms with Crippen LogP contribution >= 0.6 is 0 Å². The average molecular weight is 311 g/mol. The Bertz CT molecular complexity index is 549. The topological polar surface area (TPSA) is 94.8 Å². The molecule has 0 radical (unpaired) electrons. The van der Waals surface area contributed by atoms with Crippen molar-refractivity contribution in [1.29, 1.82) is 0 Å². The van der Waals surface area contributed by atoms with Crippen molar-refractivity contribution >= 4 is 12.1 Å². The van der Waals surface area contributed by atoms with Gasteiger partial charge in [-0.15, -0.1) is 10.2 Å². The Hall–Kier alpha value is -2.12. The molecule has 8 heteroatoms. The molecule has 1 fully saturated rings. The van der Waals surface area contributed by atoms with Crippen molar-refractivity contribution in [1.82, 2.24) is 15.1 Å². The Balaban J connectivity index is 2.10. The summed E-state index contributed by atoms with van der Waals surface area (Å²) in [5.74, 6) is -0.637. The fraction of sp³-hybridized carbons (Fsp3) is 0.714. The highest BCUT2D eigenvalue weighted by atomic mass is 16.6. The van der Waals surface area contributed by atoms with Gasteiger partial charge in [0.1, 0.15) is 11.6 Å². The van der Waals surface area contributed by atoms with Crippen LogP contribution in [0.25, 0.3) is 0 Å². The molecule has 8 nitrogen and oxygen atoms in total. The van der Waals surface area contributed by atoms with Gasteiger partial charge >= 0.3 is 18.0 Å². The van der Waals surface area contributed by atoms with Crippen LogP contribution in [-0.4, -0.2) is 45.9 Å². The molecule has 1 saturated heterocycles. The van der Waals surface area contributed by atoms with Crippen LogP contribution in [0.4, 0.5) is 4.79 Å². The lowest BCUT2D eigenvalue weighted by atomic mass is 10.2. The van der Waals surface area contributed by atoms with Crippen molar-refractivity contribution in [2.75, 3.05) is 13.2 Å². The average Bonchev–Trinajstić information content (AvgIpc) is 3.06. The maximum atomic E-state index is 12.2. The third-order valence-corrected chi connectivity index (χ3v) is 3.06. The zero-order valence-electron chi connectivity index (χ0n) is 13.3. The Kier molecular flexibility index (Phi) is 4.68. The molecule has 1 aromatic heterocycles. The van der Waals surface area contributed by atoms with Gasteiger partial charge in [0.25, 0.3) is 0 Å². The van der Waals surface area contributed by atoms with Crippen molar-refractivity contribution in [2.45, 2.75) is 52.2 Å². The number of rotatable bonds is 3. The number of likely N-dealkylation sites (tertiary alicyclic amines) is 1. The fourth-order valence-electron chi connectivity index (χ4n) is 2.21. The van der Waals surface area contributed by atoms with Gasteiger partial charge in [-0.25, -0.2) is 9.59 Å². The molecule has 122 valence electrons. The zero-order chi connectivity index (χ0) is 16.3. The van der Waals surface area contributed by atoms with Gasteiger partial charge in [-0.1, -0.05) is 0 Å². The number of amides is 1. The first kappa shape index (κ1) is 16.3. The predicted molar refractivity (Wildman–Crippen MR) is 75.2 cm³/mol. The van der Waals surface area contributed by atoms with E-state index in [4.69, 9.17) is 13.9 Å². The van der Waals surface area contributed by atoms with Crippen LogP contribution in [0.2, 0.25) is 0 Å². The molecule has 2 rings (SSSR count). The molecule has 1 aromatic rings. The number of hydrogen-bond acceptors (Lipinski definition) is 7. The highest BCUT2D eigenvalue weighted by molar-refractivity contribution is 5.83. The second-order valence-electron chi connectivity index (χ2n) is 6.00. The highest BCUT2D eigenvalue weighted by Crippen LogP contribution is 2.32. The molecule has 0 N–H and O–H groups in total. The van der Waals surface area contributed by atoms with Crippen molar-refractivity contribution in [3.8, 4) is 0 Å². The summed E-state index contributed by atoms with van der Waals surface area (Å²) < 4.78 is 15.5. The smallest absolute Gasteiger partial charge is 0.410 e. The van der Waals surface area contributed by atoms with Gasteiger partial charge in [0.2, 0.25) is 5.89 Å². The summed E-state index contributed by atoms with van der Waals surface area (Å²) in [4.78, 5) is 25.3. The predicted octanol–water partition coefficient (Wildman–Crippen LogP) is 2.32. The highest BCUT2D eigenvalue weighted by Gasteiger charge is 2.36. The molecule has 0 saturated carbocycles. The summed E-state index contributed by atoms with van der Waals surface area (Å²) >= 11 is 0. The van der Waals surface area contributed by atoms with Crippen LogP contribution in [0, 0.1) is 0 Å². The Labute approximate surface area is 128 Å². The Morgan fingerprint density at radius 2 is 2.09 bits per heavy atom. The molecule has 1 unspecified atom stereocenters. The number of carbonyl (C=O) groups is 2. The lowest BCUT2D eigenvalue weighted by molar-refractivity contribution is 0.0202. The van der Waals surface area contributed by atoms with Crippen LogP contribution in [-0.2, 0) is 9.47 Å². The molecule has 2 heterocycles. The molecule has 0 spiro atoms. The number of hydrogen-bond donors (Lipinski definition) is 0.